The fourth-order valence-corrected chi connectivity index (χ4v) is 2.36. The summed E-state index contributed by atoms with van der Waals surface area (Å²) in [5, 5.41) is 0. The van der Waals surface area contributed by atoms with Crippen LogP contribution in [0.2, 0.25) is 0 Å². The SMILES string of the molecule is CC[N+](CC)(CC=CC(N)=O)CCCS(=O)(=O)O. The van der Waals surface area contributed by atoms with Crippen LogP contribution in [0.5, 0.6) is 0 Å². The summed E-state index contributed by atoms with van der Waals surface area (Å²) in [5.74, 6) is -0.717. The summed E-state index contributed by atoms with van der Waals surface area (Å²) in [4.78, 5) is 10.6. The largest absolute Gasteiger partial charge is 0.366 e. The van der Waals surface area contributed by atoms with Gasteiger partial charge in [0.25, 0.3) is 10.1 Å². The smallest absolute Gasteiger partial charge is 0.265 e. The predicted octanol–water partition coefficient (Wildman–Crippen LogP) is 0.162. The quantitative estimate of drug-likeness (QED) is 0.357. The number of likely N-dealkylation sites (N-methyl/N-ethyl adjacent to an activating group) is 1. The maximum Gasteiger partial charge on any atom is 0.265 e. The second-order valence-corrected chi connectivity index (χ2v) is 5.90. The zero-order valence-corrected chi connectivity index (χ0v) is 11.8. The van der Waals surface area contributed by atoms with Crippen LogP contribution >= 0.6 is 0 Å². The number of rotatable bonds is 9. The average Bonchev–Trinajstić information content (AvgIpc) is 2.25. The number of amides is 1. The Morgan fingerprint density at radius 1 is 1.33 bits per heavy atom. The summed E-state index contributed by atoms with van der Waals surface area (Å²) in [5.41, 5.74) is 5.02. The van der Waals surface area contributed by atoms with Crippen molar-refractivity contribution in [2.75, 3.05) is 31.9 Å². The molecule has 0 saturated heterocycles. The number of hydrogen-bond acceptors (Lipinski definition) is 3. The summed E-state index contributed by atoms with van der Waals surface area (Å²) < 4.78 is 30.7. The lowest BCUT2D eigenvalue weighted by Crippen LogP contribution is -2.49. The molecule has 0 saturated carbocycles. The molecule has 1 amide bonds. The molecular formula is C11H23N2O4S+. The minimum Gasteiger partial charge on any atom is -0.366 e. The Morgan fingerprint density at radius 2 is 1.89 bits per heavy atom. The number of primary amides is 1. The number of hydrogen-bond donors (Lipinski definition) is 2. The Bertz CT molecular complexity index is 386. The first-order chi connectivity index (χ1) is 8.24. The third-order valence-electron chi connectivity index (χ3n) is 3.15. The van der Waals surface area contributed by atoms with Crippen molar-refractivity contribution in [3.8, 4) is 0 Å². The van der Waals surface area contributed by atoms with E-state index in [2.05, 4.69) is 0 Å². The second kappa shape index (κ2) is 7.50. The maximum atomic E-state index is 10.7. The van der Waals surface area contributed by atoms with E-state index >= 15 is 0 Å². The van der Waals surface area contributed by atoms with Crippen molar-refractivity contribution in [1.29, 1.82) is 0 Å². The highest BCUT2D eigenvalue weighted by atomic mass is 32.2. The fraction of sp³-hybridized carbons (Fsp3) is 0.727. The van der Waals surface area contributed by atoms with Gasteiger partial charge in [-0.1, -0.05) is 0 Å². The van der Waals surface area contributed by atoms with E-state index in [0.717, 1.165) is 13.1 Å². The minimum absolute atomic E-state index is 0.230. The fourth-order valence-electron chi connectivity index (χ4n) is 1.86. The molecule has 0 aliphatic carbocycles. The number of nitrogens with zero attached hydrogens (tertiary/aromatic N) is 1. The van der Waals surface area contributed by atoms with Crippen LogP contribution in [0.25, 0.3) is 0 Å². The molecule has 0 aromatic heterocycles. The lowest BCUT2D eigenvalue weighted by atomic mass is 10.2. The molecule has 0 aromatic rings. The maximum absolute atomic E-state index is 10.7. The molecule has 106 valence electrons. The van der Waals surface area contributed by atoms with Gasteiger partial charge in [-0.15, -0.1) is 0 Å². The zero-order valence-electron chi connectivity index (χ0n) is 11.0. The zero-order chi connectivity index (χ0) is 14.2. The molecule has 0 unspecified atom stereocenters. The van der Waals surface area contributed by atoms with Crippen molar-refractivity contribution < 1.29 is 22.2 Å². The summed E-state index contributed by atoms with van der Waals surface area (Å²) in [6, 6.07) is 0. The van der Waals surface area contributed by atoms with E-state index in [1.54, 1.807) is 6.08 Å². The third-order valence-corrected chi connectivity index (χ3v) is 3.96. The van der Waals surface area contributed by atoms with Gasteiger partial charge in [0.15, 0.2) is 0 Å². The first-order valence-corrected chi connectivity index (χ1v) is 7.62. The Morgan fingerprint density at radius 3 is 2.28 bits per heavy atom. The van der Waals surface area contributed by atoms with Crippen LogP contribution in [0.4, 0.5) is 0 Å². The van der Waals surface area contributed by atoms with E-state index in [0.29, 0.717) is 24.0 Å². The summed E-state index contributed by atoms with van der Waals surface area (Å²) in [7, 11) is -3.90. The van der Waals surface area contributed by atoms with Crippen molar-refractivity contribution in [1.82, 2.24) is 0 Å². The van der Waals surface area contributed by atoms with Gasteiger partial charge >= 0.3 is 0 Å². The minimum atomic E-state index is -3.90. The van der Waals surface area contributed by atoms with Gasteiger partial charge in [-0.25, -0.2) is 0 Å². The molecule has 0 spiro atoms. The third kappa shape index (κ3) is 7.41. The molecule has 0 bridgehead atoms. The Hall–Kier alpha value is -0.920. The topological polar surface area (TPSA) is 97.5 Å². The van der Waals surface area contributed by atoms with Crippen molar-refractivity contribution in [2.45, 2.75) is 20.3 Å². The van der Waals surface area contributed by atoms with Crippen molar-refractivity contribution >= 4 is 16.0 Å². The van der Waals surface area contributed by atoms with Crippen LogP contribution in [0.15, 0.2) is 12.2 Å². The molecule has 6 nitrogen and oxygen atoms in total. The van der Waals surface area contributed by atoms with E-state index in [4.69, 9.17) is 10.3 Å². The second-order valence-electron chi connectivity index (χ2n) is 4.32. The normalized spacial score (nSPS) is 13.1. The van der Waals surface area contributed by atoms with Crippen LogP contribution in [0.1, 0.15) is 20.3 Å². The molecule has 7 heteroatoms. The van der Waals surface area contributed by atoms with Crippen LogP contribution in [-0.2, 0) is 14.9 Å². The molecule has 0 aliphatic rings. The van der Waals surface area contributed by atoms with Crippen LogP contribution in [0.3, 0.4) is 0 Å². The van der Waals surface area contributed by atoms with Gasteiger partial charge in [-0.05, 0) is 19.9 Å². The average molecular weight is 279 g/mol. The number of carbonyl (C=O) groups excluding carboxylic acids is 1. The van der Waals surface area contributed by atoms with Crippen LogP contribution in [0, 0.1) is 0 Å². The molecule has 0 fully saturated rings. The van der Waals surface area contributed by atoms with E-state index in [-0.39, 0.29) is 5.75 Å². The summed E-state index contributed by atoms with van der Waals surface area (Å²) in [6.07, 6.45) is 3.43. The lowest BCUT2D eigenvalue weighted by Gasteiger charge is -2.35. The molecular weight excluding hydrogens is 256 g/mol. The van der Waals surface area contributed by atoms with E-state index in [1.807, 2.05) is 13.8 Å². The first kappa shape index (κ1) is 17.1. The van der Waals surface area contributed by atoms with E-state index in [9.17, 15) is 13.2 Å². The van der Waals surface area contributed by atoms with Gasteiger partial charge in [0.1, 0.15) is 0 Å². The van der Waals surface area contributed by atoms with Crippen molar-refractivity contribution in [3.05, 3.63) is 12.2 Å². The monoisotopic (exact) mass is 279 g/mol. The van der Waals surface area contributed by atoms with Gasteiger partial charge in [0.2, 0.25) is 5.91 Å². The van der Waals surface area contributed by atoms with Gasteiger partial charge in [0.05, 0.1) is 31.9 Å². The van der Waals surface area contributed by atoms with E-state index < -0.39 is 16.0 Å². The Balaban J connectivity index is 4.47. The van der Waals surface area contributed by atoms with Crippen LogP contribution < -0.4 is 5.73 Å². The first-order valence-electron chi connectivity index (χ1n) is 6.01. The Kier molecular flexibility index (Phi) is 7.12. The predicted molar refractivity (Wildman–Crippen MR) is 70.4 cm³/mol. The van der Waals surface area contributed by atoms with E-state index in [1.165, 1.54) is 6.08 Å². The molecule has 0 aliphatic heterocycles. The molecule has 0 aromatic carbocycles. The lowest BCUT2D eigenvalue weighted by molar-refractivity contribution is -0.919. The summed E-state index contributed by atoms with van der Waals surface area (Å²) in [6.45, 7) is 6.93. The molecule has 3 N–H and O–H groups in total. The molecule has 18 heavy (non-hydrogen) atoms. The van der Waals surface area contributed by atoms with Gasteiger partial charge in [-0.2, -0.15) is 8.42 Å². The Labute approximate surface area is 109 Å². The van der Waals surface area contributed by atoms with Crippen LogP contribution in [-0.4, -0.2) is 55.3 Å². The van der Waals surface area contributed by atoms with Gasteiger partial charge in [-0.3, -0.25) is 9.35 Å². The van der Waals surface area contributed by atoms with Gasteiger partial charge in [0, 0.05) is 12.5 Å². The molecule has 0 radical (unpaired) electrons. The number of carbonyl (C=O) groups is 1. The summed E-state index contributed by atoms with van der Waals surface area (Å²) >= 11 is 0. The standard InChI is InChI=1S/C11H22N2O4S/c1-3-13(4-2,8-5-7-11(12)14)9-6-10-18(15,16)17/h5,7H,3-4,6,8-10H2,1-2H3,(H2-,12,14,15,16,17)/p+1. The number of nitrogens with two attached hydrogens (primary N) is 1. The number of quaternary nitrogens is 1. The van der Waals surface area contributed by atoms with Crippen molar-refractivity contribution in [3.63, 3.8) is 0 Å². The molecule has 0 atom stereocenters. The molecule has 0 heterocycles. The highest BCUT2D eigenvalue weighted by Gasteiger charge is 2.22. The molecule has 0 rings (SSSR count). The van der Waals surface area contributed by atoms with Gasteiger partial charge < -0.3 is 10.2 Å². The highest BCUT2D eigenvalue weighted by molar-refractivity contribution is 7.85. The van der Waals surface area contributed by atoms with Crippen molar-refractivity contribution in [2.24, 2.45) is 5.73 Å². The highest BCUT2D eigenvalue weighted by Crippen LogP contribution is 2.09.